The number of hydrogen-bond donors (Lipinski definition) is 1. The Morgan fingerprint density at radius 3 is 2.83 bits per heavy atom. The summed E-state index contributed by atoms with van der Waals surface area (Å²) in [7, 11) is 0. The fourth-order valence-corrected chi connectivity index (χ4v) is 2.40. The van der Waals surface area contributed by atoms with Crippen LogP contribution in [0.2, 0.25) is 0 Å². The van der Waals surface area contributed by atoms with Crippen LogP contribution in [0.25, 0.3) is 5.65 Å². The van der Waals surface area contributed by atoms with Gasteiger partial charge >= 0.3 is 5.97 Å². The standard InChI is InChI=1S/C18H17N3O3/c1-11-6-7-21-15(8-11)20-13(9-16(21)22)10-24-18(23)14-5-3-4-12(2)17(14)19/h3-9H,10,19H2,1-2H3. The van der Waals surface area contributed by atoms with Gasteiger partial charge in [-0.2, -0.15) is 0 Å². The van der Waals surface area contributed by atoms with Crippen LogP contribution >= 0.6 is 0 Å². The molecule has 6 nitrogen and oxygen atoms in total. The lowest BCUT2D eigenvalue weighted by molar-refractivity contribution is 0.0469. The van der Waals surface area contributed by atoms with Gasteiger partial charge < -0.3 is 10.5 Å². The number of ether oxygens (including phenoxy) is 1. The zero-order valence-electron chi connectivity index (χ0n) is 13.4. The third-order valence-corrected chi connectivity index (χ3v) is 3.77. The molecular formula is C18H17N3O3. The van der Waals surface area contributed by atoms with Crippen molar-refractivity contribution >= 4 is 17.3 Å². The Morgan fingerprint density at radius 2 is 2.04 bits per heavy atom. The van der Waals surface area contributed by atoms with Crippen molar-refractivity contribution < 1.29 is 9.53 Å². The molecule has 2 N–H and O–H groups in total. The average Bonchev–Trinajstić information content (AvgIpc) is 2.54. The molecule has 0 saturated carbocycles. The van der Waals surface area contributed by atoms with Crippen LogP contribution in [0.1, 0.15) is 27.2 Å². The molecule has 0 aliphatic rings. The zero-order valence-corrected chi connectivity index (χ0v) is 13.4. The van der Waals surface area contributed by atoms with E-state index in [4.69, 9.17) is 10.5 Å². The first-order chi connectivity index (χ1) is 11.5. The second kappa shape index (κ2) is 6.16. The number of nitrogens with zero attached hydrogens (tertiary/aromatic N) is 2. The van der Waals surface area contributed by atoms with Crippen molar-refractivity contribution in [1.29, 1.82) is 0 Å². The topological polar surface area (TPSA) is 86.7 Å². The summed E-state index contributed by atoms with van der Waals surface area (Å²) < 4.78 is 6.70. The van der Waals surface area contributed by atoms with Crippen molar-refractivity contribution in [2.45, 2.75) is 20.5 Å². The quantitative estimate of drug-likeness (QED) is 0.590. The zero-order chi connectivity index (χ0) is 17.3. The largest absolute Gasteiger partial charge is 0.456 e. The van der Waals surface area contributed by atoms with Gasteiger partial charge in [-0.3, -0.25) is 9.20 Å². The highest BCUT2D eigenvalue weighted by Gasteiger charge is 2.13. The molecule has 0 radical (unpaired) electrons. The summed E-state index contributed by atoms with van der Waals surface area (Å²) in [6, 6.07) is 10.2. The predicted octanol–water partition coefficient (Wildman–Crippen LogP) is 2.25. The summed E-state index contributed by atoms with van der Waals surface area (Å²) in [5.41, 5.74) is 9.09. The molecule has 0 bridgehead atoms. The number of hydrogen-bond acceptors (Lipinski definition) is 5. The number of rotatable bonds is 3. The van der Waals surface area contributed by atoms with Crippen LogP contribution in [0.4, 0.5) is 5.69 Å². The Morgan fingerprint density at radius 1 is 1.25 bits per heavy atom. The minimum absolute atomic E-state index is 0.0914. The van der Waals surface area contributed by atoms with Crippen molar-refractivity contribution in [3.63, 3.8) is 0 Å². The summed E-state index contributed by atoms with van der Waals surface area (Å²) in [4.78, 5) is 28.6. The third kappa shape index (κ3) is 2.99. The van der Waals surface area contributed by atoms with Gasteiger partial charge in [0.25, 0.3) is 5.56 Å². The molecule has 0 amide bonds. The Hall–Kier alpha value is -3.15. The number of nitrogen functional groups attached to an aromatic ring is 1. The molecule has 3 aromatic rings. The average molecular weight is 323 g/mol. The smallest absolute Gasteiger partial charge is 0.340 e. The molecule has 0 aliphatic heterocycles. The SMILES string of the molecule is Cc1ccn2c(=O)cc(COC(=O)c3cccc(C)c3N)nc2c1. The Balaban J connectivity index is 1.84. The fraction of sp³-hybridized carbons (Fsp3) is 0.167. The van der Waals surface area contributed by atoms with Crippen LogP contribution in [0, 0.1) is 13.8 Å². The van der Waals surface area contributed by atoms with Crippen LogP contribution in [0.3, 0.4) is 0 Å². The number of benzene rings is 1. The van der Waals surface area contributed by atoms with Crippen molar-refractivity contribution in [1.82, 2.24) is 9.38 Å². The molecule has 3 rings (SSSR count). The van der Waals surface area contributed by atoms with Crippen LogP contribution in [-0.2, 0) is 11.3 Å². The van der Waals surface area contributed by atoms with Crippen molar-refractivity contribution in [3.05, 3.63) is 75.3 Å². The summed E-state index contributed by atoms with van der Waals surface area (Å²) in [6.07, 6.45) is 1.67. The van der Waals surface area contributed by atoms with E-state index in [-0.39, 0.29) is 12.2 Å². The molecule has 24 heavy (non-hydrogen) atoms. The Kier molecular flexibility index (Phi) is 4.04. The van der Waals surface area contributed by atoms with E-state index in [0.717, 1.165) is 11.1 Å². The first-order valence-corrected chi connectivity index (χ1v) is 7.47. The van der Waals surface area contributed by atoms with E-state index in [1.165, 1.54) is 10.5 Å². The van der Waals surface area contributed by atoms with Crippen LogP contribution in [0.15, 0.2) is 47.4 Å². The van der Waals surface area contributed by atoms with Gasteiger partial charge in [0.15, 0.2) is 0 Å². The lowest BCUT2D eigenvalue weighted by Crippen LogP contribution is -2.17. The van der Waals surface area contributed by atoms with Gasteiger partial charge in [0.05, 0.1) is 11.3 Å². The first kappa shape index (κ1) is 15.7. The molecule has 6 heteroatoms. The molecule has 0 unspecified atom stereocenters. The summed E-state index contributed by atoms with van der Waals surface area (Å²) in [5.74, 6) is -0.539. The highest BCUT2D eigenvalue weighted by molar-refractivity contribution is 5.95. The maximum atomic E-state index is 12.2. The highest BCUT2D eigenvalue weighted by Crippen LogP contribution is 2.17. The third-order valence-electron chi connectivity index (χ3n) is 3.77. The van der Waals surface area contributed by atoms with Gasteiger partial charge in [-0.05, 0) is 43.2 Å². The number of nitrogens with two attached hydrogens (primary N) is 1. The minimum atomic E-state index is -0.539. The number of esters is 1. The van der Waals surface area contributed by atoms with Crippen molar-refractivity contribution in [3.8, 4) is 0 Å². The number of carbonyl (C=O) groups is 1. The molecule has 122 valence electrons. The molecule has 2 heterocycles. The van der Waals surface area contributed by atoms with E-state index in [0.29, 0.717) is 22.6 Å². The number of fused-ring (bicyclic) bond motifs is 1. The Labute approximate surface area is 138 Å². The molecule has 0 atom stereocenters. The molecule has 0 fully saturated rings. The number of aryl methyl sites for hydroxylation is 2. The molecule has 0 saturated heterocycles. The van der Waals surface area contributed by atoms with Gasteiger partial charge in [0.2, 0.25) is 0 Å². The van der Waals surface area contributed by atoms with Crippen LogP contribution < -0.4 is 11.3 Å². The summed E-state index contributed by atoms with van der Waals surface area (Å²) in [6.45, 7) is 3.64. The number of carbonyl (C=O) groups excluding carboxylic acids is 1. The van der Waals surface area contributed by atoms with Crippen LogP contribution in [0.5, 0.6) is 0 Å². The first-order valence-electron chi connectivity index (χ1n) is 7.47. The van der Waals surface area contributed by atoms with Crippen molar-refractivity contribution in [2.75, 3.05) is 5.73 Å². The predicted molar refractivity (Wildman–Crippen MR) is 90.9 cm³/mol. The fourth-order valence-electron chi connectivity index (χ4n) is 2.40. The lowest BCUT2D eigenvalue weighted by atomic mass is 10.1. The van der Waals surface area contributed by atoms with Gasteiger partial charge in [-0.25, -0.2) is 9.78 Å². The number of anilines is 1. The second-order valence-corrected chi connectivity index (χ2v) is 5.63. The molecule has 1 aromatic carbocycles. The van der Waals surface area contributed by atoms with E-state index in [2.05, 4.69) is 4.98 Å². The monoisotopic (exact) mass is 323 g/mol. The summed E-state index contributed by atoms with van der Waals surface area (Å²) >= 11 is 0. The van der Waals surface area contributed by atoms with Gasteiger partial charge in [-0.1, -0.05) is 12.1 Å². The van der Waals surface area contributed by atoms with E-state index >= 15 is 0 Å². The van der Waals surface area contributed by atoms with Gasteiger partial charge in [0, 0.05) is 18.0 Å². The van der Waals surface area contributed by atoms with E-state index in [1.807, 2.05) is 26.0 Å². The molecule has 0 spiro atoms. The maximum absolute atomic E-state index is 12.2. The maximum Gasteiger partial charge on any atom is 0.340 e. The number of aromatic nitrogens is 2. The molecule has 0 aliphatic carbocycles. The van der Waals surface area contributed by atoms with E-state index in [1.54, 1.807) is 24.4 Å². The number of pyridine rings is 1. The minimum Gasteiger partial charge on any atom is -0.456 e. The normalized spacial score (nSPS) is 10.8. The van der Waals surface area contributed by atoms with E-state index in [9.17, 15) is 9.59 Å². The second-order valence-electron chi connectivity index (χ2n) is 5.63. The van der Waals surface area contributed by atoms with Crippen molar-refractivity contribution in [2.24, 2.45) is 0 Å². The Bertz CT molecular complexity index is 992. The van der Waals surface area contributed by atoms with Gasteiger partial charge in [0.1, 0.15) is 12.3 Å². The number of para-hydroxylation sites is 1. The molecule has 2 aromatic heterocycles. The highest BCUT2D eigenvalue weighted by atomic mass is 16.5. The van der Waals surface area contributed by atoms with Gasteiger partial charge in [-0.15, -0.1) is 0 Å². The lowest BCUT2D eigenvalue weighted by Gasteiger charge is -2.09. The van der Waals surface area contributed by atoms with Crippen LogP contribution in [-0.4, -0.2) is 15.4 Å². The molecular weight excluding hydrogens is 306 g/mol. The van der Waals surface area contributed by atoms with E-state index < -0.39 is 5.97 Å². The summed E-state index contributed by atoms with van der Waals surface area (Å²) in [5, 5.41) is 0.